The first-order chi connectivity index (χ1) is 8.02. The van der Waals surface area contributed by atoms with Gasteiger partial charge in [0.25, 0.3) is 5.91 Å². The second-order valence-corrected chi connectivity index (χ2v) is 4.62. The predicted molar refractivity (Wildman–Crippen MR) is 73.6 cm³/mol. The first kappa shape index (κ1) is 13.7. The zero-order valence-electron chi connectivity index (χ0n) is 11.2. The SMILES string of the molecule is CCc1cc(C)cc(C(=O)NCCN(C)C)c1.[HH]. The molecule has 0 saturated carbocycles. The van der Waals surface area contributed by atoms with Gasteiger partial charge in [0.2, 0.25) is 0 Å². The summed E-state index contributed by atoms with van der Waals surface area (Å²) in [6.45, 7) is 5.66. The lowest BCUT2D eigenvalue weighted by molar-refractivity contribution is 0.0951. The van der Waals surface area contributed by atoms with Crippen LogP contribution in [0, 0.1) is 6.92 Å². The Balaban J connectivity index is 0.00000289. The topological polar surface area (TPSA) is 32.3 Å². The second kappa shape index (κ2) is 6.40. The van der Waals surface area contributed by atoms with E-state index in [0.717, 1.165) is 24.1 Å². The number of aryl methyl sites for hydroxylation is 2. The molecular weight excluding hydrogens is 212 g/mol. The zero-order valence-corrected chi connectivity index (χ0v) is 11.2. The number of carbonyl (C=O) groups is 1. The Hall–Kier alpha value is -1.35. The summed E-state index contributed by atoms with van der Waals surface area (Å²) < 4.78 is 0. The van der Waals surface area contributed by atoms with Crippen LogP contribution in [0.15, 0.2) is 18.2 Å². The Morgan fingerprint density at radius 1 is 1.35 bits per heavy atom. The molecular formula is C14H24N2O. The van der Waals surface area contributed by atoms with Crippen molar-refractivity contribution in [3.63, 3.8) is 0 Å². The van der Waals surface area contributed by atoms with Crippen molar-refractivity contribution in [2.45, 2.75) is 20.3 Å². The van der Waals surface area contributed by atoms with Crippen molar-refractivity contribution in [2.24, 2.45) is 0 Å². The lowest BCUT2D eigenvalue weighted by Gasteiger charge is -2.11. The summed E-state index contributed by atoms with van der Waals surface area (Å²) in [5.74, 6) is 0.0188. The molecule has 96 valence electrons. The number of hydrogen-bond donors (Lipinski definition) is 1. The van der Waals surface area contributed by atoms with E-state index in [2.05, 4.69) is 18.3 Å². The highest BCUT2D eigenvalue weighted by Crippen LogP contribution is 2.10. The Morgan fingerprint density at radius 3 is 2.65 bits per heavy atom. The van der Waals surface area contributed by atoms with Crippen molar-refractivity contribution in [1.29, 1.82) is 0 Å². The molecule has 0 spiro atoms. The number of rotatable bonds is 5. The molecule has 0 bridgehead atoms. The monoisotopic (exact) mass is 236 g/mol. The van der Waals surface area contributed by atoms with Crippen molar-refractivity contribution in [3.05, 3.63) is 34.9 Å². The summed E-state index contributed by atoms with van der Waals surface area (Å²) in [5, 5.41) is 2.93. The van der Waals surface area contributed by atoms with E-state index in [0.29, 0.717) is 6.54 Å². The lowest BCUT2D eigenvalue weighted by atomic mass is 10.0. The third-order valence-electron chi connectivity index (χ3n) is 2.65. The molecule has 0 aliphatic rings. The Bertz CT molecular complexity index is 391. The summed E-state index contributed by atoms with van der Waals surface area (Å²) in [4.78, 5) is 14.0. The predicted octanol–water partition coefficient (Wildman–Crippen LogP) is 2.09. The minimum atomic E-state index is 0. The molecule has 1 rings (SSSR count). The van der Waals surface area contributed by atoms with E-state index in [1.165, 1.54) is 5.56 Å². The molecule has 0 heterocycles. The average molecular weight is 236 g/mol. The average Bonchev–Trinajstić information content (AvgIpc) is 2.27. The van der Waals surface area contributed by atoms with Gasteiger partial charge in [-0.1, -0.05) is 18.6 Å². The first-order valence-electron chi connectivity index (χ1n) is 6.06. The number of nitrogens with one attached hydrogen (secondary N) is 1. The highest BCUT2D eigenvalue weighted by molar-refractivity contribution is 5.94. The van der Waals surface area contributed by atoms with Crippen LogP contribution < -0.4 is 5.32 Å². The van der Waals surface area contributed by atoms with Gasteiger partial charge in [-0.05, 0) is 45.1 Å². The van der Waals surface area contributed by atoms with Gasteiger partial charge in [0.15, 0.2) is 0 Å². The van der Waals surface area contributed by atoms with Crippen LogP contribution >= 0.6 is 0 Å². The largest absolute Gasteiger partial charge is 0.351 e. The van der Waals surface area contributed by atoms with Crippen LogP contribution in [0.4, 0.5) is 0 Å². The molecule has 1 aromatic rings. The number of nitrogens with zero attached hydrogens (tertiary/aromatic N) is 1. The fourth-order valence-corrected chi connectivity index (χ4v) is 1.69. The van der Waals surface area contributed by atoms with Crippen molar-refractivity contribution in [2.75, 3.05) is 27.2 Å². The third-order valence-corrected chi connectivity index (χ3v) is 2.65. The molecule has 0 saturated heterocycles. The molecule has 3 heteroatoms. The highest BCUT2D eigenvalue weighted by Gasteiger charge is 2.06. The molecule has 0 radical (unpaired) electrons. The molecule has 17 heavy (non-hydrogen) atoms. The van der Waals surface area contributed by atoms with E-state index in [-0.39, 0.29) is 7.33 Å². The van der Waals surface area contributed by atoms with E-state index in [4.69, 9.17) is 0 Å². The number of likely N-dealkylation sites (N-methyl/N-ethyl adjacent to an activating group) is 1. The van der Waals surface area contributed by atoms with Crippen LogP contribution in [0.5, 0.6) is 0 Å². The molecule has 0 atom stereocenters. The van der Waals surface area contributed by atoms with Crippen LogP contribution in [0.3, 0.4) is 0 Å². The van der Waals surface area contributed by atoms with Gasteiger partial charge in [-0.3, -0.25) is 4.79 Å². The number of amides is 1. The van der Waals surface area contributed by atoms with Crippen LogP contribution in [-0.2, 0) is 6.42 Å². The van der Waals surface area contributed by atoms with Crippen LogP contribution in [0.2, 0.25) is 0 Å². The summed E-state index contributed by atoms with van der Waals surface area (Å²) in [6, 6.07) is 6.03. The molecule has 0 aromatic heterocycles. The molecule has 3 nitrogen and oxygen atoms in total. The van der Waals surface area contributed by atoms with Crippen molar-refractivity contribution in [3.8, 4) is 0 Å². The van der Waals surface area contributed by atoms with E-state index < -0.39 is 0 Å². The van der Waals surface area contributed by atoms with Crippen LogP contribution in [0.25, 0.3) is 0 Å². The highest BCUT2D eigenvalue weighted by atomic mass is 16.1. The fourth-order valence-electron chi connectivity index (χ4n) is 1.69. The molecule has 0 aliphatic carbocycles. The quantitative estimate of drug-likeness (QED) is 0.849. The second-order valence-electron chi connectivity index (χ2n) is 4.62. The van der Waals surface area contributed by atoms with Gasteiger partial charge in [-0.25, -0.2) is 0 Å². The van der Waals surface area contributed by atoms with Gasteiger partial charge in [-0.2, -0.15) is 0 Å². The van der Waals surface area contributed by atoms with E-state index >= 15 is 0 Å². The maximum Gasteiger partial charge on any atom is 0.251 e. The fraction of sp³-hybridized carbons (Fsp3) is 0.500. The van der Waals surface area contributed by atoms with E-state index in [1.54, 1.807) is 0 Å². The summed E-state index contributed by atoms with van der Waals surface area (Å²) in [7, 11) is 3.99. The maximum absolute atomic E-state index is 11.9. The van der Waals surface area contributed by atoms with E-state index in [1.807, 2.05) is 38.1 Å². The van der Waals surface area contributed by atoms with Gasteiger partial charge in [0.05, 0.1) is 0 Å². The molecule has 0 fully saturated rings. The maximum atomic E-state index is 11.9. The standard InChI is InChI=1S/C14H22N2O.H2/c1-5-12-8-11(2)9-13(10-12)14(17)15-6-7-16(3)4;/h8-10H,5-7H2,1-4H3,(H,15,17);1H. The third kappa shape index (κ3) is 4.57. The normalized spacial score (nSPS) is 10.6. The summed E-state index contributed by atoms with van der Waals surface area (Å²) >= 11 is 0. The Morgan fingerprint density at radius 2 is 2.06 bits per heavy atom. The summed E-state index contributed by atoms with van der Waals surface area (Å²) in [6.07, 6.45) is 0.958. The lowest BCUT2D eigenvalue weighted by Crippen LogP contribution is -2.31. The van der Waals surface area contributed by atoms with Gasteiger partial charge < -0.3 is 10.2 Å². The van der Waals surface area contributed by atoms with Crippen molar-refractivity contribution in [1.82, 2.24) is 10.2 Å². The van der Waals surface area contributed by atoms with E-state index in [9.17, 15) is 4.79 Å². The number of hydrogen-bond acceptors (Lipinski definition) is 2. The smallest absolute Gasteiger partial charge is 0.251 e. The minimum Gasteiger partial charge on any atom is -0.351 e. The zero-order chi connectivity index (χ0) is 12.8. The molecule has 0 unspecified atom stereocenters. The number of benzene rings is 1. The van der Waals surface area contributed by atoms with Crippen LogP contribution in [-0.4, -0.2) is 38.0 Å². The van der Waals surface area contributed by atoms with Gasteiger partial charge in [0, 0.05) is 20.1 Å². The van der Waals surface area contributed by atoms with Gasteiger partial charge in [-0.15, -0.1) is 0 Å². The van der Waals surface area contributed by atoms with Crippen molar-refractivity contribution < 1.29 is 6.22 Å². The minimum absolute atomic E-state index is 0. The molecule has 1 N–H and O–H groups in total. The van der Waals surface area contributed by atoms with Crippen molar-refractivity contribution >= 4 is 5.91 Å². The molecule has 1 amide bonds. The molecule has 0 aliphatic heterocycles. The summed E-state index contributed by atoms with van der Waals surface area (Å²) in [5.41, 5.74) is 3.12. The number of carbonyl (C=O) groups excluding carboxylic acids is 1. The van der Waals surface area contributed by atoms with Crippen LogP contribution in [0.1, 0.15) is 29.8 Å². The Labute approximate surface area is 105 Å². The van der Waals surface area contributed by atoms with Gasteiger partial charge in [0.1, 0.15) is 0 Å². The Kier molecular flexibility index (Phi) is 5.16. The van der Waals surface area contributed by atoms with Gasteiger partial charge >= 0.3 is 0 Å². The first-order valence-corrected chi connectivity index (χ1v) is 6.06. The molecule has 1 aromatic carbocycles.